The summed E-state index contributed by atoms with van der Waals surface area (Å²) >= 11 is 3.96. The molecule has 0 aliphatic carbocycles. The van der Waals surface area contributed by atoms with Crippen LogP contribution < -0.4 is 5.32 Å². The number of nitrogens with one attached hydrogen (secondary N) is 2. The molecule has 0 spiro atoms. The van der Waals surface area contributed by atoms with Crippen molar-refractivity contribution in [2.75, 3.05) is 5.75 Å². The van der Waals surface area contributed by atoms with Crippen LogP contribution in [0.2, 0.25) is 0 Å². The number of H-pyrrole nitrogens is 1. The second kappa shape index (κ2) is 4.87. The van der Waals surface area contributed by atoms with Crippen molar-refractivity contribution in [2.45, 2.75) is 13.0 Å². The van der Waals surface area contributed by atoms with Gasteiger partial charge in [-0.05, 0) is 17.4 Å². The molecule has 0 aliphatic heterocycles. The van der Waals surface area contributed by atoms with Crippen LogP contribution in [0.25, 0.3) is 0 Å². The lowest BCUT2D eigenvalue weighted by Crippen LogP contribution is -2.22. The Kier molecular flexibility index (Phi) is 3.73. The summed E-state index contributed by atoms with van der Waals surface area (Å²) in [5.74, 6) is 0.644. The molecule has 0 aliphatic rings. The number of thiol groups is 1. The van der Waals surface area contributed by atoms with E-state index in [0.29, 0.717) is 18.7 Å². The third-order valence-corrected chi connectivity index (χ3v) is 1.71. The van der Waals surface area contributed by atoms with Gasteiger partial charge in [-0.2, -0.15) is 12.6 Å². The quantitative estimate of drug-likeness (QED) is 0.599. The predicted molar refractivity (Wildman–Crippen MR) is 51.1 cm³/mol. The van der Waals surface area contributed by atoms with Crippen molar-refractivity contribution >= 4 is 18.5 Å². The van der Waals surface area contributed by atoms with Crippen molar-refractivity contribution in [3.8, 4) is 0 Å². The first-order valence-electron chi connectivity index (χ1n) is 3.82. The number of carbonyl (C=O) groups is 1. The zero-order chi connectivity index (χ0) is 8.81. The van der Waals surface area contributed by atoms with E-state index in [2.05, 4.69) is 22.9 Å². The SMILES string of the molecule is O=C(CCS)NCc1cc[nH]c1. The second-order valence-corrected chi connectivity index (χ2v) is 2.92. The summed E-state index contributed by atoms with van der Waals surface area (Å²) in [6.45, 7) is 0.593. The molecule has 1 amide bonds. The molecule has 1 aromatic rings. The zero-order valence-corrected chi connectivity index (χ0v) is 7.60. The van der Waals surface area contributed by atoms with Gasteiger partial charge in [0.05, 0.1) is 0 Å². The highest BCUT2D eigenvalue weighted by Gasteiger charge is 1.98. The van der Waals surface area contributed by atoms with Crippen molar-refractivity contribution in [1.82, 2.24) is 10.3 Å². The first-order chi connectivity index (χ1) is 5.83. The summed E-state index contributed by atoms with van der Waals surface area (Å²) in [7, 11) is 0. The van der Waals surface area contributed by atoms with Gasteiger partial charge in [0, 0.05) is 25.4 Å². The van der Waals surface area contributed by atoms with Gasteiger partial charge in [0.15, 0.2) is 0 Å². The molecule has 0 saturated carbocycles. The molecule has 0 bridgehead atoms. The first-order valence-corrected chi connectivity index (χ1v) is 4.45. The number of rotatable bonds is 4. The summed E-state index contributed by atoms with van der Waals surface area (Å²) in [4.78, 5) is 13.9. The number of amides is 1. The van der Waals surface area contributed by atoms with Gasteiger partial charge >= 0.3 is 0 Å². The molecule has 2 N–H and O–H groups in total. The van der Waals surface area contributed by atoms with Crippen molar-refractivity contribution in [1.29, 1.82) is 0 Å². The van der Waals surface area contributed by atoms with Gasteiger partial charge in [-0.1, -0.05) is 0 Å². The van der Waals surface area contributed by atoms with Gasteiger partial charge in [0.2, 0.25) is 5.91 Å². The number of hydrogen-bond donors (Lipinski definition) is 3. The standard InChI is InChI=1S/C8H12N2OS/c11-8(2-4-12)10-6-7-1-3-9-5-7/h1,3,5,9,12H,2,4,6H2,(H,10,11). The van der Waals surface area contributed by atoms with Gasteiger partial charge in [-0.3, -0.25) is 4.79 Å². The minimum absolute atomic E-state index is 0.0474. The zero-order valence-electron chi connectivity index (χ0n) is 6.71. The summed E-state index contributed by atoms with van der Waals surface area (Å²) in [6, 6.07) is 1.93. The Bertz CT molecular complexity index is 233. The lowest BCUT2D eigenvalue weighted by molar-refractivity contribution is -0.120. The van der Waals surface area contributed by atoms with Crippen LogP contribution in [0.5, 0.6) is 0 Å². The molecule has 66 valence electrons. The van der Waals surface area contributed by atoms with Crippen LogP contribution in [0.15, 0.2) is 18.5 Å². The van der Waals surface area contributed by atoms with Crippen LogP contribution in [-0.4, -0.2) is 16.6 Å². The fourth-order valence-electron chi connectivity index (χ4n) is 0.859. The molecule has 0 aromatic carbocycles. The topological polar surface area (TPSA) is 44.9 Å². The van der Waals surface area contributed by atoms with E-state index in [1.807, 2.05) is 18.5 Å². The fraction of sp³-hybridized carbons (Fsp3) is 0.375. The Labute approximate surface area is 77.0 Å². The Morgan fingerprint density at radius 3 is 3.08 bits per heavy atom. The van der Waals surface area contributed by atoms with Crippen molar-refractivity contribution in [2.24, 2.45) is 0 Å². The first kappa shape index (κ1) is 9.19. The third-order valence-electron chi connectivity index (χ3n) is 1.49. The molecule has 0 unspecified atom stereocenters. The highest BCUT2D eigenvalue weighted by Crippen LogP contribution is 1.95. The van der Waals surface area contributed by atoms with E-state index in [1.54, 1.807) is 0 Å². The molecule has 1 rings (SSSR count). The Morgan fingerprint density at radius 1 is 1.67 bits per heavy atom. The van der Waals surface area contributed by atoms with Gasteiger partial charge in [0.25, 0.3) is 0 Å². The van der Waals surface area contributed by atoms with Crippen LogP contribution in [-0.2, 0) is 11.3 Å². The van der Waals surface area contributed by atoms with Gasteiger partial charge in [-0.15, -0.1) is 0 Å². The summed E-state index contributed by atoms with van der Waals surface area (Å²) in [5, 5.41) is 2.78. The Hall–Kier alpha value is -0.900. The van der Waals surface area contributed by atoms with Gasteiger partial charge in [0.1, 0.15) is 0 Å². The van der Waals surface area contributed by atoms with Crippen LogP contribution in [0, 0.1) is 0 Å². The highest BCUT2D eigenvalue weighted by molar-refractivity contribution is 7.80. The smallest absolute Gasteiger partial charge is 0.221 e. The number of carbonyl (C=O) groups excluding carboxylic acids is 1. The van der Waals surface area contributed by atoms with Gasteiger partial charge < -0.3 is 10.3 Å². The van der Waals surface area contributed by atoms with Crippen molar-refractivity contribution in [3.05, 3.63) is 24.0 Å². The van der Waals surface area contributed by atoms with E-state index in [4.69, 9.17) is 0 Å². The van der Waals surface area contributed by atoms with E-state index in [0.717, 1.165) is 5.56 Å². The second-order valence-electron chi connectivity index (χ2n) is 2.47. The number of aromatic nitrogens is 1. The van der Waals surface area contributed by atoms with Crippen molar-refractivity contribution < 1.29 is 4.79 Å². The molecule has 0 fully saturated rings. The van der Waals surface area contributed by atoms with Crippen LogP contribution in [0.1, 0.15) is 12.0 Å². The lowest BCUT2D eigenvalue weighted by Gasteiger charge is -2.00. The van der Waals surface area contributed by atoms with E-state index >= 15 is 0 Å². The summed E-state index contributed by atoms with van der Waals surface area (Å²) in [5.41, 5.74) is 1.09. The third kappa shape index (κ3) is 3.00. The average Bonchev–Trinajstić information content (AvgIpc) is 2.53. The van der Waals surface area contributed by atoms with E-state index in [1.165, 1.54) is 0 Å². The molecular weight excluding hydrogens is 172 g/mol. The molecule has 4 heteroatoms. The fourth-order valence-corrected chi connectivity index (χ4v) is 1.06. The maximum Gasteiger partial charge on any atom is 0.221 e. The molecule has 0 radical (unpaired) electrons. The van der Waals surface area contributed by atoms with Crippen LogP contribution in [0.4, 0.5) is 0 Å². The maximum atomic E-state index is 11.0. The minimum atomic E-state index is 0.0474. The van der Waals surface area contributed by atoms with E-state index in [-0.39, 0.29) is 5.91 Å². The monoisotopic (exact) mass is 184 g/mol. The number of hydrogen-bond acceptors (Lipinski definition) is 2. The maximum absolute atomic E-state index is 11.0. The van der Waals surface area contributed by atoms with E-state index in [9.17, 15) is 4.79 Å². The largest absolute Gasteiger partial charge is 0.367 e. The summed E-state index contributed by atoms with van der Waals surface area (Å²) < 4.78 is 0. The molecule has 3 nitrogen and oxygen atoms in total. The molecule has 12 heavy (non-hydrogen) atoms. The molecule has 0 saturated heterocycles. The molecule has 0 atom stereocenters. The molecule has 1 heterocycles. The highest BCUT2D eigenvalue weighted by atomic mass is 32.1. The normalized spacial score (nSPS) is 9.75. The van der Waals surface area contributed by atoms with Crippen LogP contribution in [0.3, 0.4) is 0 Å². The average molecular weight is 184 g/mol. The summed E-state index contributed by atoms with van der Waals surface area (Å²) in [6.07, 6.45) is 4.18. The van der Waals surface area contributed by atoms with E-state index < -0.39 is 0 Å². The lowest BCUT2D eigenvalue weighted by atomic mass is 10.3. The van der Waals surface area contributed by atoms with Crippen LogP contribution >= 0.6 is 12.6 Å². The number of aromatic amines is 1. The molecular formula is C8H12N2OS. The van der Waals surface area contributed by atoms with Gasteiger partial charge in [-0.25, -0.2) is 0 Å². The molecule has 1 aromatic heterocycles. The predicted octanol–water partition coefficient (Wildman–Crippen LogP) is 0.951. The minimum Gasteiger partial charge on any atom is -0.367 e. The Morgan fingerprint density at radius 2 is 2.50 bits per heavy atom. The Balaban J connectivity index is 2.22. The van der Waals surface area contributed by atoms with Crippen molar-refractivity contribution in [3.63, 3.8) is 0 Å².